The first-order valence-corrected chi connectivity index (χ1v) is 8.38. The highest BCUT2D eigenvalue weighted by atomic mass is 16.5. The molecule has 0 spiro atoms. The summed E-state index contributed by atoms with van der Waals surface area (Å²) in [5.41, 5.74) is 2.20. The lowest BCUT2D eigenvalue weighted by Gasteiger charge is -2.27. The zero-order valence-electron chi connectivity index (χ0n) is 13.1. The van der Waals surface area contributed by atoms with Crippen LogP contribution in [0.3, 0.4) is 0 Å². The molecule has 3 nitrogen and oxygen atoms in total. The van der Waals surface area contributed by atoms with Crippen molar-refractivity contribution in [2.45, 2.75) is 51.0 Å². The Morgan fingerprint density at radius 2 is 2.19 bits per heavy atom. The maximum absolute atomic E-state index is 10.9. The number of ether oxygens (including phenoxy) is 1. The van der Waals surface area contributed by atoms with Gasteiger partial charge in [-0.05, 0) is 62.4 Å². The number of aryl methyl sites for hydroxylation is 1. The van der Waals surface area contributed by atoms with Crippen LogP contribution in [0.4, 0.5) is 0 Å². The monoisotopic (exact) mass is 289 g/mol. The summed E-state index contributed by atoms with van der Waals surface area (Å²) in [4.78, 5) is 2.45. The summed E-state index contributed by atoms with van der Waals surface area (Å²) >= 11 is 0. The van der Waals surface area contributed by atoms with Gasteiger partial charge in [0.1, 0.15) is 5.75 Å². The lowest BCUT2D eigenvalue weighted by atomic mass is 9.88. The van der Waals surface area contributed by atoms with Gasteiger partial charge in [-0.25, -0.2) is 0 Å². The second-order valence-electron chi connectivity index (χ2n) is 6.55. The SMILES string of the molecule is CCN1CCCC(O)(CCc2ccc3c(c2)CCO3)CC1. The summed E-state index contributed by atoms with van der Waals surface area (Å²) < 4.78 is 5.55. The smallest absolute Gasteiger partial charge is 0.122 e. The van der Waals surface area contributed by atoms with Gasteiger partial charge in [0.2, 0.25) is 0 Å². The van der Waals surface area contributed by atoms with E-state index in [4.69, 9.17) is 4.74 Å². The standard InChI is InChI=1S/C18H27NO2/c1-2-19-11-3-8-18(20,10-12-19)9-6-15-4-5-17-16(14-15)7-13-21-17/h4-5,14,20H,2-3,6-13H2,1H3. The first kappa shape index (κ1) is 14.9. The van der Waals surface area contributed by atoms with E-state index in [9.17, 15) is 5.11 Å². The van der Waals surface area contributed by atoms with Crippen LogP contribution in [0.2, 0.25) is 0 Å². The Morgan fingerprint density at radius 1 is 1.29 bits per heavy atom. The summed E-state index contributed by atoms with van der Waals surface area (Å²) in [5.74, 6) is 1.05. The Balaban J connectivity index is 1.58. The third-order valence-electron chi connectivity index (χ3n) is 5.09. The van der Waals surface area contributed by atoms with Crippen molar-refractivity contribution in [1.29, 1.82) is 0 Å². The number of hydrogen-bond donors (Lipinski definition) is 1. The Labute approximate surface area is 127 Å². The summed E-state index contributed by atoms with van der Waals surface area (Å²) in [6.45, 7) is 6.29. The fourth-order valence-corrected chi connectivity index (χ4v) is 3.57. The molecule has 0 bridgehead atoms. The van der Waals surface area contributed by atoms with Gasteiger partial charge in [-0.15, -0.1) is 0 Å². The molecule has 21 heavy (non-hydrogen) atoms. The Morgan fingerprint density at radius 3 is 3.05 bits per heavy atom. The summed E-state index contributed by atoms with van der Waals surface area (Å²) in [7, 11) is 0. The zero-order chi connectivity index (χ0) is 14.7. The lowest BCUT2D eigenvalue weighted by Crippen LogP contribution is -2.31. The molecular weight excluding hydrogens is 262 g/mol. The largest absolute Gasteiger partial charge is 0.493 e. The van der Waals surface area contributed by atoms with Gasteiger partial charge in [-0.3, -0.25) is 0 Å². The molecule has 0 amide bonds. The minimum absolute atomic E-state index is 0.473. The maximum Gasteiger partial charge on any atom is 0.122 e. The van der Waals surface area contributed by atoms with Crippen LogP contribution in [0.1, 0.15) is 43.7 Å². The second kappa shape index (κ2) is 6.37. The van der Waals surface area contributed by atoms with Crippen LogP contribution in [-0.2, 0) is 12.8 Å². The molecule has 0 aliphatic carbocycles. The van der Waals surface area contributed by atoms with E-state index in [1.165, 1.54) is 11.1 Å². The molecule has 0 radical (unpaired) electrons. The average molecular weight is 289 g/mol. The number of rotatable bonds is 4. The van der Waals surface area contributed by atoms with Crippen LogP contribution in [0.5, 0.6) is 5.75 Å². The molecule has 1 saturated heterocycles. The molecule has 2 aliphatic heterocycles. The van der Waals surface area contributed by atoms with Crippen molar-refractivity contribution < 1.29 is 9.84 Å². The Bertz CT molecular complexity index is 488. The highest BCUT2D eigenvalue weighted by Gasteiger charge is 2.29. The minimum atomic E-state index is -0.473. The fourth-order valence-electron chi connectivity index (χ4n) is 3.57. The molecular formula is C18H27NO2. The van der Waals surface area contributed by atoms with Gasteiger partial charge in [-0.2, -0.15) is 0 Å². The quantitative estimate of drug-likeness (QED) is 0.925. The van der Waals surface area contributed by atoms with E-state index in [2.05, 4.69) is 30.0 Å². The van der Waals surface area contributed by atoms with E-state index in [1.54, 1.807) is 0 Å². The number of likely N-dealkylation sites (tertiary alicyclic amines) is 1. The van der Waals surface area contributed by atoms with Crippen LogP contribution in [0.25, 0.3) is 0 Å². The van der Waals surface area contributed by atoms with Gasteiger partial charge in [-0.1, -0.05) is 19.1 Å². The van der Waals surface area contributed by atoms with Crippen molar-refractivity contribution in [3.05, 3.63) is 29.3 Å². The van der Waals surface area contributed by atoms with Gasteiger partial charge in [0.05, 0.1) is 12.2 Å². The lowest BCUT2D eigenvalue weighted by molar-refractivity contribution is 0.0174. The average Bonchev–Trinajstić information content (AvgIpc) is 2.88. The molecule has 1 aromatic rings. The molecule has 0 aromatic heterocycles. The van der Waals surface area contributed by atoms with Crippen molar-refractivity contribution >= 4 is 0 Å². The van der Waals surface area contributed by atoms with E-state index in [0.717, 1.165) is 70.5 Å². The second-order valence-corrected chi connectivity index (χ2v) is 6.55. The van der Waals surface area contributed by atoms with Crippen molar-refractivity contribution in [3.63, 3.8) is 0 Å². The molecule has 116 valence electrons. The van der Waals surface area contributed by atoms with Crippen molar-refractivity contribution in [2.24, 2.45) is 0 Å². The van der Waals surface area contributed by atoms with Crippen LogP contribution in [0, 0.1) is 0 Å². The number of fused-ring (bicyclic) bond motifs is 1. The molecule has 1 atom stereocenters. The molecule has 3 rings (SSSR count). The number of aliphatic hydroxyl groups is 1. The van der Waals surface area contributed by atoms with Gasteiger partial charge in [0.15, 0.2) is 0 Å². The number of hydrogen-bond acceptors (Lipinski definition) is 3. The minimum Gasteiger partial charge on any atom is -0.493 e. The van der Waals surface area contributed by atoms with Gasteiger partial charge < -0.3 is 14.7 Å². The summed E-state index contributed by atoms with van der Waals surface area (Å²) in [5, 5.41) is 10.9. The van der Waals surface area contributed by atoms with E-state index in [0.29, 0.717) is 0 Å². The van der Waals surface area contributed by atoms with E-state index in [1.807, 2.05) is 0 Å². The van der Waals surface area contributed by atoms with E-state index < -0.39 is 5.60 Å². The first-order chi connectivity index (χ1) is 10.2. The Hall–Kier alpha value is -1.06. The molecule has 1 unspecified atom stereocenters. The zero-order valence-corrected chi connectivity index (χ0v) is 13.1. The molecule has 2 aliphatic rings. The van der Waals surface area contributed by atoms with Crippen molar-refractivity contribution in [2.75, 3.05) is 26.2 Å². The van der Waals surface area contributed by atoms with E-state index >= 15 is 0 Å². The number of nitrogens with zero attached hydrogens (tertiary/aromatic N) is 1. The first-order valence-electron chi connectivity index (χ1n) is 8.38. The Kier molecular flexibility index (Phi) is 4.51. The van der Waals surface area contributed by atoms with Crippen LogP contribution in [0.15, 0.2) is 18.2 Å². The molecule has 3 heteroatoms. The van der Waals surface area contributed by atoms with Crippen LogP contribution < -0.4 is 4.74 Å². The number of benzene rings is 1. The van der Waals surface area contributed by atoms with Crippen LogP contribution >= 0.6 is 0 Å². The van der Waals surface area contributed by atoms with Crippen molar-refractivity contribution in [3.8, 4) is 5.75 Å². The topological polar surface area (TPSA) is 32.7 Å². The van der Waals surface area contributed by atoms with Crippen molar-refractivity contribution in [1.82, 2.24) is 4.90 Å². The molecule has 0 saturated carbocycles. The maximum atomic E-state index is 10.9. The summed E-state index contributed by atoms with van der Waals surface area (Å²) in [6, 6.07) is 6.51. The fraction of sp³-hybridized carbons (Fsp3) is 0.667. The molecule has 2 heterocycles. The third-order valence-corrected chi connectivity index (χ3v) is 5.09. The molecule has 1 aromatic carbocycles. The highest BCUT2D eigenvalue weighted by Crippen LogP contribution is 2.30. The highest BCUT2D eigenvalue weighted by molar-refractivity contribution is 5.39. The predicted molar refractivity (Wildman–Crippen MR) is 84.9 cm³/mol. The molecule has 1 fully saturated rings. The third kappa shape index (κ3) is 3.58. The molecule has 1 N–H and O–H groups in total. The summed E-state index contributed by atoms with van der Waals surface area (Å²) in [6.07, 6.45) is 5.84. The van der Waals surface area contributed by atoms with Gasteiger partial charge in [0, 0.05) is 13.0 Å². The predicted octanol–water partition coefficient (Wildman–Crippen LogP) is 2.79. The van der Waals surface area contributed by atoms with Gasteiger partial charge in [0.25, 0.3) is 0 Å². The van der Waals surface area contributed by atoms with E-state index in [-0.39, 0.29) is 0 Å². The van der Waals surface area contributed by atoms with Gasteiger partial charge >= 0.3 is 0 Å². The normalized spacial score (nSPS) is 26.2. The van der Waals surface area contributed by atoms with Crippen LogP contribution in [-0.4, -0.2) is 41.8 Å².